The van der Waals surface area contributed by atoms with Gasteiger partial charge >= 0.3 is 5.69 Å². The first-order chi connectivity index (χ1) is 7.50. The molecular formula is C11H17N3O2. The standard InChI is InChI=1S/C11H17N3O2/c1-8(2)6-7-12-11-10(14(15)16)5-4-9(3)13-11/h4-5,8H,6-7H2,1-3H3,(H,12,13). The summed E-state index contributed by atoms with van der Waals surface area (Å²) in [6, 6.07) is 3.13. The molecule has 0 aliphatic carbocycles. The van der Waals surface area contributed by atoms with E-state index in [9.17, 15) is 10.1 Å². The molecule has 0 saturated heterocycles. The Morgan fingerprint density at radius 3 is 2.75 bits per heavy atom. The molecule has 0 aliphatic heterocycles. The van der Waals surface area contributed by atoms with E-state index in [0.717, 1.165) is 12.1 Å². The van der Waals surface area contributed by atoms with Crippen molar-refractivity contribution < 1.29 is 4.92 Å². The third-order valence-electron chi connectivity index (χ3n) is 2.22. The summed E-state index contributed by atoms with van der Waals surface area (Å²) in [7, 11) is 0. The normalized spacial score (nSPS) is 10.5. The number of nitrogens with zero attached hydrogens (tertiary/aromatic N) is 2. The zero-order valence-corrected chi connectivity index (χ0v) is 9.86. The minimum atomic E-state index is -0.413. The van der Waals surface area contributed by atoms with E-state index in [0.29, 0.717) is 18.3 Å². The monoisotopic (exact) mass is 223 g/mol. The van der Waals surface area contributed by atoms with Gasteiger partial charge in [-0.05, 0) is 25.3 Å². The number of anilines is 1. The van der Waals surface area contributed by atoms with E-state index in [1.807, 2.05) is 6.92 Å². The highest BCUT2D eigenvalue weighted by Crippen LogP contribution is 2.21. The van der Waals surface area contributed by atoms with E-state index in [4.69, 9.17) is 0 Å². The zero-order valence-electron chi connectivity index (χ0n) is 9.86. The Morgan fingerprint density at radius 2 is 2.19 bits per heavy atom. The lowest BCUT2D eigenvalue weighted by Gasteiger charge is -2.08. The van der Waals surface area contributed by atoms with Gasteiger partial charge in [-0.1, -0.05) is 13.8 Å². The molecule has 0 unspecified atom stereocenters. The molecule has 16 heavy (non-hydrogen) atoms. The molecule has 0 bridgehead atoms. The molecule has 1 aromatic heterocycles. The van der Waals surface area contributed by atoms with Gasteiger partial charge in [-0.15, -0.1) is 0 Å². The number of aromatic nitrogens is 1. The molecule has 1 N–H and O–H groups in total. The fourth-order valence-corrected chi connectivity index (χ4v) is 1.31. The molecule has 0 aliphatic rings. The van der Waals surface area contributed by atoms with E-state index < -0.39 is 4.92 Å². The Morgan fingerprint density at radius 1 is 1.50 bits per heavy atom. The second kappa shape index (κ2) is 5.44. The molecule has 0 fully saturated rings. The first-order valence-electron chi connectivity index (χ1n) is 5.36. The van der Waals surface area contributed by atoms with Crippen LogP contribution in [0, 0.1) is 23.0 Å². The van der Waals surface area contributed by atoms with Gasteiger partial charge in [0.15, 0.2) is 0 Å². The topological polar surface area (TPSA) is 68.1 Å². The van der Waals surface area contributed by atoms with Crippen molar-refractivity contribution in [2.24, 2.45) is 5.92 Å². The second-order valence-electron chi connectivity index (χ2n) is 4.19. The Kier molecular flexibility index (Phi) is 4.22. The number of rotatable bonds is 5. The molecule has 88 valence electrons. The number of aryl methyl sites for hydroxylation is 1. The van der Waals surface area contributed by atoms with Crippen molar-refractivity contribution in [1.82, 2.24) is 4.98 Å². The van der Waals surface area contributed by atoms with Gasteiger partial charge in [-0.25, -0.2) is 4.98 Å². The van der Waals surface area contributed by atoms with Crippen LogP contribution in [-0.4, -0.2) is 16.5 Å². The van der Waals surface area contributed by atoms with Crippen LogP contribution in [0.4, 0.5) is 11.5 Å². The maximum absolute atomic E-state index is 10.8. The van der Waals surface area contributed by atoms with E-state index in [1.165, 1.54) is 6.07 Å². The Hall–Kier alpha value is -1.65. The van der Waals surface area contributed by atoms with Crippen LogP contribution in [0.15, 0.2) is 12.1 Å². The Bertz CT molecular complexity index is 377. The molecule has 5 heteroatoms. The van der Waals surface area contributed by atoms with Crippen LogP contribution in [0.2, 0.25) is 0 Å². The van der Waals surface area contributed by atoms with Gasteiger partial charge in [0.1, 0.15) is 0 Å². The summed E-state index contributed by atoms with van der Waals surface area (Å²) in [4.78, 5) is 14.5. The molecule has 0 amide bonds. The van der Waals surface area contributed by atoms with E-state index >= 15 is 0 Å². The van der Waals surface area contributed by atoms with Crippen molar-refractivity contribution in [3.63, 3.8) is 0 Å². The molecule has 1 aromatic rings. The average Bonchev–Trinajstić information content (AvgIpc) is 2.16. The van der Waals surface area contributed by atoms with Crippen LogP contribution < -0.4 is 5.32 Å². The van der Waals surface area contributed by atoms with E-state index in [1.54, 1.807) is 6.07 Å². The minimum Gasteiger partial charge on any atom is -0.364 e. The summed E-state index contributed by atoms with van der Waals surface area (Å²) in [5.41, 5.74) is 0.812. The highest BCUT2D eigenvalue weighted by molar-refractivity contribution is 5.55. The van der Waals surface area contributed by atoms with Gasteiger partial charge in [0, 0.05) is 18.3 Å². The molecule has 5 nitrogen and oxygen atoms in total. The lowest BCUT2D eigenvalue weighted by atomic mass is 10.1. The summed E-state index contributed by atoms with van der Waals surface area (Å²) < 4.78 is 0. The first-order valence-corrected chi connectivity index (χ1v) is 5.36. The predicted octanol–water partition coefficient (Wildman–Crippen LogP) is 2.76. The second-order valence-corrected chi connectivity index (χ2v) is 4.19. The zero-order chi connectivity index (χ0) is 12.1. The smallest absolute Gasteiger partial charge is 0.311 e. The fourth-order valence-electron chi connectivity index (χ4n) is 1.31. The van der Waals surface area contributed by atoms with Crippen molar-refractivity contribution in [3.8, 4) is 0 Å². The van der Waals surface area contributed by atoms with Crippen molar-refractivity contribution in [2.45, 2.75) is 27.2 Å². The maximum atomic E-state index is 10.8. The molecule has 0 aromatic carbocycles. The van der Waals surface area contributed by atoms with Crippen LogP contribution in [0.5, 0.6) is 0 Å². The number of nitro groups is 1. The lowest BCUT2D eigenvalue weighted by molar-refractivity contribution is -0.384. The fraction of sp³-hybridized carbons (Fsp3) is 0.545. The third kappa shape index (κ3) is 3.49. The van der Waals surface area contributed by atoms with Crippen LogP contribution in [-0.2, 0) is 0 Å². The van der Waals surface area contributed by atoms with Gasteiger partial charge < -0.3 is 5.32 Å². The molecule has 0 spiro atoms. The van der Waals surface area contributed by atoms with Gasteiger partial charge in [0.05, 0.1) is 4.92 Å². The highest BCUT2D eigenvalue weighted by atomic mass is 16.6. The summed E-state index contributed by atoms with van der Waals surface area (Å²) in [6.07, 6.45) is 0.965. The number of pyridine rings is 1. The predicted molar refractivity (Wildman–Crippen MR) is 63.6 cm³/mol. The number of hydrogen-bond donors (Lipinski definition) is 1. The van der Waals surface area contributed by atoms with Crippen molar-refractivity contribution in [3.05, 3.63) is 27.9 Å². The van der Waals surface area contributed by atoms with Gasteiger partial charge in [-0.2, -0.15) is 0 Å². The Labute approximate surface area is 95.0 Å². The highest BCUT2D eigenvalue weighted by Gasteiger charge is 2.14. The van der Waals surface area contributed by atoms with Crippen molar-refractivity contribution >= 4 is 11.5 Å². The lowest BCUT2D eigenvalue weighted by Crippen LogP contribution is -2.08. The summed E-state index contributed by atoms with van der Waals surface area (Å²) in [5.74, 6) is 0.932. The summed E-state index contributed by atoms with van der Waals surface area (Å²) in [5, 5.41) is 13.8. The summed E-state index contributed by atoms with van der Waals surface area (Å²) in [6.45, 7) is 6.74. The van der Waals surface area contributed by atoms with Crippen LogP contribution in [0.1, 0.15) is 26.0 Å². The maximum Gasteiger partial charge on any atom is 0.311 e. The Balaban J connectivity index is 2.76. The van der Waals surface area contributed by atoms with Crippen molar-refractivity contribution in [2.75, 3.05) is 11.9 Å². The average molecular weight is 223 g/mol. The molecule has 0 atom stereocenters. The van der Waals surface area contributed by atoms with E-state index in [2.05, 4.69) is 24.1 Å². The summed E-state index contributed by atoms with van der Waals surface area (Å²) >= 11 is 0. The molecule has 1 rings (SSSR count). The molecule has 0 radical (unpaired) electrons. The third-order valence-corrected chi connectivity index (χ3v) is 2.22. The SMILES string of the molecule is Cc1ccc([N+](=O)[O-])c(NCCC(C)C)n1. The quantitative estimate of drug-likeness (QED) is 0.615. The minimum absolute atomic E-state index is 0.0364. The van der Waals surface area contributed by atoms with Gasteiger partial charge in [0.2, 0.25) is 5.82 Å². The van der Waals surface area contributed by atoms with Gasteiger partial charge in [0.25, 0.3) is 0 Å². The van der Waals surface area contributed by atoms with Crippen LogP contribution in [0.25, 0.3) is 0 Å². The van der Waals surface area contributed by atoms with Crippen LogP contribution >= 0.6 is 0 Å². The van der Waals surface area contributed by atoms with Crippen LogP contribution in [0.3, 0.4) is 0 Å². The molecule has 0 saturated carbocycles. The number of hydrogen-bond acceptors (Lipinski definition) is 4. The van der Waals surface area contributed by atoms with E-state index in [-0.39, 0.29) is 5.69 Å². The number of nitrogens with one attached hydrogen (secondary N) is 1. The van der Waals surface area contributed by atoms with Gasteiger partial charge in [-0.3, -0.25) is 10.1 Å². The molecular weight excluding hydrogens is 206 g/mol. The first kappa shape index (κ1) is 12.4. The molecule has 1 heterocycles. The van der Waals surface area contributed by atoms with Crippen molar-refractivity contribution in [1.29, 1.82) is 0 Å². The largest absolute Gasteiger partial charge is 0.364 e.